The molecule has 1 amide bonds. The van der Waals surface area contributed by atoms with E-state index in [4.69, 9.17) is 0 Å². The van der Waals surface area contributed by atoms with Crippen molar-refractivity contribution in [3.8, 4) is 5.75 Å². The second-order valence-corrected chi connectivity index (χ2v) is 8.09. The molecule has 3 aromatic rings. The summed E-state index contributed by atoms with van der Waals surface area (Å²) in [4.78, 5) is 12.5. The Balaban J connectivity index is 1.80. The van der Waals surface area contributed by atoms with E-state index in [1.807, 2.05) is 13.8 Å². The van der Waals surface area contributed by atoms with Crippen LogP contribution in [0.1, 0.15) is 21.5 Å². The van der Waals surface area contributed by atoms with Gasteiger partial charge in [-0.25, -0.2) is 8.42 Å². The fourth-order valence-electron chi connectivity index (χ4n) is 2.62. The lowest BCUT2D eigenvalue weighted by molar-refractivity contribution is 0.102. The number of phenols is 1. The molecule has 144 valence electrons. The van der Waals surface area contributed by atoms with Crippen LogP contribution in [-0.4, -0.2) is 19.4 Å². The van der Waals surface area contributed by atoms with Gasteiger partial charge in [0.25, 0.3) is 15.9 Å². The first kappa shape index (κ1) is 19.4. The Bertz CT molecular complexity index is 1140. The number of carbonyl (C=O) groups excluding carboxylic acids is 1. The van der Waals surface area contributed by atoms with Crippen LogP contribution < -0.4 is 10.0 Å². The quantitative estimate of drug-likeness (QED) is 0.606. The van der Waals surface area contributed by atoms with E-state index in [2.05, 4.69) is 10.0 Å². The number of anilines is 2. The highest BCUT2D eigenvalue weighted by atomic mass is 32.2. The molecular weight excluding hydrogens is 376 g/mol. The summed E-state index contributed by atoms with van der Waals surface area (Å²) in [7, 11) is -3.76. The van der Waals surface area contributed by atoms with Gasteiger partial charge in [0, 0.05) is 5.69 Å². The average Bonchev–Trinajstić information content (AvgIpc) is 2.64. The van der Waals surface area contributed by atoms with Gasteiger partial charge in [-0.05, 0) is 67.4 Å². The highest BCUT2D eigenvalue weighted by molar-refractivity contribution is 7.92. The van der Waals surface area contributed by atoms with Crippen LogP contribution in [0, 0.1) is 13.8 Å². The van der Waals surface area contributed by atoms with Crippen molar-refractivity contribution in [2.45, 2.75) is 18.7 Å². The van der Waals surface area contributed by atoms with Crippen molar-refractivity contribution in [2.75, 3.05) is 10.0 Å². The topological polar surface area (TPSA) is 95.5 Å². The molecule has 3 rings (SSSR count). The standard InChI is InChI=1S/C21H20N2O4S/c1-14-10-11-18(12-15(14)2)28(26,27)23-17-7-5-6-16(13-17)22-21(25)19-8-3-4-9-20(19)24/h3-13,23-24H,1-2H3,(H,22,25). The van der Waals surface area contributed by atoms with Crippen molar-refractivity contribution in [3.63, 3.8) is 0 Å². The lowest BCUT2D eigenvalue weighted by atomic mass is 10.1. The van der Waals surface area contributed by atoms with Gasteiger partial charge in [-0.2, -0.15) is 0 Å². The number of carbonyl (C=O) groups is 1. The Morgan fingerprint density at radius 1 is 0.857 bits per heavy atom. The van der Waals surface area contributed by atoms with Gasteiger partial charge in [-0.15, -0.1) is 0 Å². The molecule has 0 spiro atoms. The Morgan fingerprint density at radius 3 is 2.29 bits per heavy atom. The zero-order chi connectivity index (χ0) is 20.3. The van der Waals surface area contributed by atoms with Crippen LogP contribution in [-0.2, 0) is 10.0 Å². The smallest absolute Gasteiger partial charge is 0.261 e. The second kappa shape index (κ2) is 7.74. The Morgan fingerprint density at radius 2 is 1.57 bits per heavy atom. The first-order valence-electron chi connectivity index (χ1n) is 8.56. The highest BCUT2D eigenvalue weighted by Crippen LogP contribution is 2.23. The summed E-state index contributed by atoms with van der Waals surface area (Å²) in [6.07, 6.45) is 0. The van der Waals surface area contributed by atoms with Gasteiger partial charge in [0.1, 0.15) is 5.75 Å². The zero-order valence-electron chi connectivity index (χ0n) is 15.4. The van der Waals surface area contributed by atoms with Crippen molar-refractivity contribution in [2.24, 2.45) is 0 Å². The van der Waals surface area contributed by atoms with Crippen LogP contribution >= 0.6 is 0 Å². The lowest BCUT2D eigenvalue weighted by Crippen LogP contribution is -2.14. The fraction of sp³-hybridized carbons (Fsp3) is 0.0952. The van der Waals surface area contributed by atoms with E-state index in [1.165, 1.54) is 18.2 Å². The summed E-state index contributed by atoms with van der Waals surface area (Å²) in [6, 6.07) is 17.5. The van der Waals surface area contributed by atoms with Crippen molar-refractivity contribution in [1.82, 2.24) is 0 Å². The summed E-state index contributed by atoms with van der Waals surface area (Å²) < 4.78 is 27.8. The monoisotopic (exact) mass is 396 g/mol. The number of hydrogen-bond donors (Lipinski definition) is 3. The number of amides is 1. The number of rotatable bonds is 5. The number of hydrogen-bond acceptors (Lipinski definition) is 4. The number of aryl methyl sites for hydroxylation is 2. The van der Waals surface area contributed by atoms with E-state index < -0.39 is 15.9 Å². The van der Waals surface area contributed by atoms with E-state index in [0.717, 1.165) is 11.1 Å². The summed E-state index contributed by atoms with van der Waals surface area (Å²) in [5.41, 5.74) is 2.73. The number of benzene rings is 3. The van der Waals surface area contributed by atoms with Gasteiger partial charge in [-0.3, -0.25) is 9.52 Å². The maximum Gasteiger partial charge on any atom is 0.261 e. The summed E-state index contributed by atoms with van der Waals surface area (Å²) >= 11 is 0. The highest BCUT2D eigenvalue weighted by Gasteiger charge is 2.16. The van der Waals surface area contributed by atoms with Crippen LogP contribution in [0.2, 0.25) is 0 Å². The largest absolute Gasteiger partial charge is 0.507 e. The number of aromatic hydroxyl groups is 1. The molecule has 0 heterocycles. The molecule has 0 aliphatic heterocycles. The SMILES string of the molecule is Cc1ccc(S(=O)(=O)Nc2cccc(NC(=O)c3ccccc3O)c2)cc1C. The number of sulfonamides is 1. The first-order chi connectivity index (χ1) is 13.3. The average molecular weight is 396 g/mol. The predicted octanol–water partition coefficient (Wildman–Crippen LogP) is 4.06. The number of phenolic OH excluding ortho intramolecular Hbond substituents is 1. The third kappa shape index (κ3) is 4.32. The molecule has 0 atom stereocenters. The van der Waals surface area contributed by atoms with Gasteiger partial charge in [0.05, 0.1) is 16.1 Å². The summed E-state index contributed by atoms with van der Waals surface area (Å²) in [6.45, 7) is 3.76. The summed E-state index contributed by atoms with van der Waals surface area (Å²) in [5, 5.41) is 12.4. The third-order valence-corrected chi connectivity index (χ3v) is 5.69. The molecule has 3 aromatic carbocycles. The number of nitrogens with one attached hydrogen (secondary N) is 2. The van der Waals surface area contributed by atoms with Crippen molar-refractivity contribution < 1.29 is 18.3 Å². The Labute approximate surface area is 163 Å². The predicted molar refractivity (Wildman–Crippen MR) is 109 cm³/mol. The normalized spacial score (nSPS) is 11.1. The molecule has 7 heteroatoms. The van der Waals surface area contributed by atoms with Gasteiger partial charge < -0.3 is 10.4 Å². The maximum absolute atomic E-state index is 12.6. The number of para-hydroxylation sites is 1. The van der Waals surface area contributed by atoms with E-state index in [9.17, 15) is 18.3 Å². The molecule has 6 nitrogen and oxygen atoms in total. The molecule has 0 aliphatic rings. The Hall–Kier alpha value is -3.32. The van der Waals surface area contributed by atoms with E-state index in [1.54, 1.807) is 48.5 Å². The van der Waals surface area contributed by atoms with E-state index >= 15 is 0 Å². The van der Waals surface area contributed by atoms with Crippen LogP contribution in [0.3, 0.4) is 0 Å². The molecule has 0 aliphatic carbocycles. The maximum atomic E-state index is 12.6. The first-order valence-corrected chi connectivity index (χ1v) is 10.0. The summed E-state index contributed by atoms with van der Waals surface area (Å²) in [5.74, 6) is -0.626. The van der Waals surface area contributed by atoms with Crippen LogP contribution in [0.5, 0.6) is 5.75 Å². The lowest BCUT2D eigenvalue weighted by Gasteiger charge is -2.12. The van der Waals surface area contributed by atoms with Crippen molar-refractivity contribution in [3.05, 3.63) is 83.4 Å². The van der Waals surface area contributed by atoms with E-state index in [0.29, 0.717) is 11.4 Å². The molecule has 28 heavy (non-hydrogen) atoms. The molecule has 0 unspecified atom stereocenters. The molecule has 0 saturated carbocycles. The van der Waals surface area contributed by atoms with Gasteiger partial charge in [-0.1, -0.05) is 24.3 Å². The molecule has 0 bridgehead atoms. The van der Waals surface area contributed by atoms with Crippen LogP contribution in [0.25, 0.3) is 0 Å². The third-order valence-electron chi connectivity index (χ3n) is 4.31. The Kier molecular flexibility index (Phi) is 5.37. The molecule has 0 saturated heterocycles. The fourth-order valence-corrected chi connectivity index (χ4v) is 3.75. The van der Waals surface area contributed by atoms with Crippen molar-refractivity contribution in [1.29, 1.82) is 0 Å². The van der Waals surface area contributed by atoms with E-state index in [-0.39, 0.29) is 16.2 Å². The molecule has 0 aromatic heterocycles. The van der Waals surface area contributed by atoms with Crippen LogP contribution in [0.15, 0.2) is 71.6 Å². The van der Waals surface area contributed by atoms with Crippen molar-refractivity contribution >= 4 is 27.3 Å². The molecule has 0 fully saturated rings. The van der Waals surface area contributed by atoms with Gasteiger partial charge >= 0.3 is 0 Å². The minimum absolute atomic E-state index is 0.128. The van der Waals surface area contributed by atoms with Gasteiger partial charge in [0.15, 0.2) is 0 Å². The molecular formula is C21H20N2O4S. The minimum atomic E-state index is -3.76. The molecule has 3 N–H and O–H groups in total. The molecule has 0 radical (unpaired) electrons. The minimum Gasteiger partial charge on any atom is -0.507 e. The zero-order valence-corrected chi connectivity index (χ0v) is 16.2. The second-order valence-electron chi connectivity index (χ2n) is 6.40. The van der Waals surface area contributed by atoms with Crippen LogP contribution in [0.4, 0.5) is 11.4 Å². The van der Waals surface area contributed by atoms with Gasteiger partial charge in [0.2, 0.25) is 0 Å².